The summed E-state index contributed by atoms with van der Waals surface area (Å²) in [5, 5.41) is 19.9. The molecule has 0 radical (unpaired) electrons. The molecule has 0 spiro atoms. The summed E-state index contributed by atoms with van der Waals surface area (Å²) in [5.41, 5.74) is 2.53. The molecule has 0 unspecified atom stereocenters. The van der Waals surface area contributed by atoms with Crippen molar-refractivity contribution in [2.75, 3.05) is 0 Å². The average molecular weight is 417 g/mol. The van der Waals surface area contributed by atoms with Gasteiger partial charge in [-0.3, -0.25) is 4.79 Å². The maximum atomic E-state index is 11.2. The van der Waals surface area contributed by atoms with Crippen LogP contribution in [0.1, 0.15) is 99.3 Å². The summed E-state index contributed by atoms with van der Waals surface area (Å²) >= 11 is 0. The van der Waals surface area contributed by atoms with Crippen LogP contribution in [-0.2, 0) is 4.79 Å². The van der Waals surface area contributed by atoms with E-state index in [0.717, 1.165) is 25.7 Å². The zero-order valence-corrected chi connectivity index (χ0v) is 20.1. The molecule has 0 aliphatic heterocycles. The van der Waals surface area contributed by atoms with E-state index >= 15 is 0 Å². The number of allylic oxidation sites excluding steroid dienone is 2. The van der Waals surface area contributed by atoms with Crippen molar-refractivity contribution in [1.29, 1.82) is 0 Å². The van der Waals surface area contributed by atoms with Crippen LogP contribution in [0.25, 0.3) is 0 Å². The summed E-state index contributed by atoms with van der Waals surface area (Å²) in [6.07, 6.45) is 11.7. The average Bonchev–Trinajstić information content (AvgIpc) is 2.95. The van der Waals surface area contributed by atoms with E-state index in [0.29, 0.717) is 35.5 Å². The number of fused-ring (bicyclic) bond motifs is 5. The summed E-state index contributed by atoms with van der Waals surface area (Å²) in [6, 6.07) is 0. The standard InChI is InChI=1S/C27H44O3/c1-17(7-10-23(29)30)18-11-15-27(6)20-8-9-21-24(2,3)22(28)13-14-25(21,4)19(20)12-16-26(18,27)5/h8,17-19,21-22,28H,7,9-16H2,1-6H3,(H,29,30)/t17-,18-,19-,21-,22-,25+,26-,27+/m0/s1. The van der Waals surface area contributed by atoms with Gasteiger partial charge in [0.15, 0.2) is 0 Å². The predicted molar refractivity (Wildman–Crippen MR) is 121 cm³/mol. The van der Waals surface area contributed by atoms with Crippen molar-refractivity contribution in [2.45, 2.75) is 105 Å². The third-order valence-electron chi connectivity index (χ3n) is 11.4. The molecule has 4 aliphatic carbocycles. The summed E-state index contributed by atoms with van der Waals surface area (Å²) in [7, 11) is 0. The fraction of sp³-hybridized carbons (Fsp3) is 0.889. The summed E-state index contributed by atoms with van der Waals surface area (Å²) in [5.74, 6) is 1.64. The van der Waals surface area contributed by atoms with Crippen molar-refractivity contribution in [2.24, 2.45) is 45.3 Å². The summed E-state index contributed by atoms with van der Waals surface area (Å²) in [4.78, 5) is 11.2. The maximum Gasteiger partial charge on any atom is 0.303 e. The highest BCUT2D eigenvalue weighted by Crippen LogP contribution is 2.73. The third kappa shape index (κ3) is 2.90. The van der Waals surface area contributed by atoms with E-state index in [4.69, 9.17) is 0 Å². The van der Waals surface area contributed by atoms with Crippen LogP contribution in [0.15, 0.2) is 11.6 Å². The lowest BCUT2D eigenvalue weighted by Gasteiger charge is -2.64. The van der Waals surface area contributed by atoms with Crippen LogP contribution in [0.5, 0.6) is 0 Å². The molecule has 3 saturated carbocycles. The Balaban J connectivity index is 1.66. The van der Waals surface area contributed by atoms with Gasteiger partial charge in [0, 0.05) is 6.42 Å². The minimum atomic E-state index is -0.660. The van der Waals surface area contributed by atoms with Gasteiger partial charge in [0.25, 0.3) is 0 Å². The van der Waals surface area contributed by atoms with E-state index in [2.05, 4.69) is 47.6 Å². The molecule has 3 nitrogen and oxygen atoms in total. The fourth-order valence-corrected chi connectivity index (χ4v) is 9.21. The van der Waals surface area contributed by atoms with Crippen LogP contribution in [0.2, 0.25) is 0 Å². The Morgan fingerprint density at radius 2 is 1.80 bits per heavy atom. The van der Waals surface area contributed by atoms with E-state index in [1.807, 2.05) is 0 Å². The summed E-state index contributed by atoms with van der Waals surface area (Å²) in [6.45, 7) is 14.5. The number of aliphatic hydroxyl groups excluding tert-OH is 1. The first-order valence-electron chi connectivity index (χ1n) is 12.5. The number of carboxylic acids is 1. The van der Waals surface area contributed by atoms with Crippen molar-refractivity contribution in [3.05, 3.63) is 11.6 Å². The largest absolute Gasteiger partial charge is 0.481 e. The van der Waals surface area contributed by atoms with Gasteiger partial charge in [-0.2, -0.15) is 0 Å². The molecule has 0 amide bonds. The Morgan fingerprint density at radius 3 is 2.47 bits per heavy atom. The monoisotopic (exact) mass is 416 g/mol. The topological polar surface area (TPSA) is 57.5 Å². The molecule has 3 fully saturated rings. The lowest BCUT2D eigenvalue weighted by molar-refractivity contribution is -0.137. The van der Waals surface area contributed by atoms with Crippen LogP contribution in [0, 0.1) is 45.3 Å². The summed E-state index contributed by atoms with van der Waals surface area (Å²) < 4.78 is 0. The molecule has 3 heteroatoms. The van der Waals surface area contributed by atoms with Crippen molar-refractivity contribution in [3.63, 3.8) is 0 Å². The van der Waals surface area contributed by atoms with Gasteiger partial charge >= 0.3 is 5.97 Å². The Bertz CT molecular complexity index is 738. The minimum Gasteiger partial charge on any atom is -0.481 e. The highest BCUT2D eigenvalue weighted by Gasteiger charge is 2.65. The second-order valence-corrected chi connectivity index (χ2v) is 12.7. The van der Waals surface area contributed by atoms with Gasteiger partial charge < -0.3 is 10.2 Å². The van der Waals surface area contributed by atoms with E-state index < -0.39 is 5.97 Å². The highest BCUT2D eigenvalue weighted by molar-refractivity contribution is 5.66. The number of hydrogen-bond acceptors (Lipinski definition) is 2. The first-order valence-corrected chi connectivity index (χ1v) is 12.5. The SMILES string of the molecule is C[C@@H](CCC(=O)O)[C@@H]1CC[C@]2(C)C3=CC[C@H]4C(C)(C)[C@@H](O)CC[C@]4(C)[C@H]3CC[C@@]12C. The van der Waals surface area contributed by atoms with Crippen LogP contribution in [0.4, 0.5) is 0 Å². The molecule has 8 atom stereocenters. The molecule has 0 heterocycles. The van der Waals surface area contributed by atoms with Crippen LogP contribution < -0.4 is 0 Å². The number of aliphatic carboxylic acids is 1. The number of hydrogen-bond donors (Lipinski definition) is 2. The maximum absolute atomic E-state index is 11.2. The molecule has 0 aromatic carbocycles. The lowest BCUT2D eigenvalue weighted by atomic mass is 9.41. The Kier molecular flexibility index (Phi) is 5.28. The second-order valence-electron chi connectivity index (χ2n) is 12.7. The zero-order valence-electron chi connectivity index (χ0n) is 20.1. The Hall–Kier alpha value is -0.830. The Morgan fingerprint density at radius 1 is 1.10 bits per heavy atom. The van der Waals surface area contributed by atoms with Crippen molar-refractivity contribution in [3.8, 4) is 0 Å². The molecule has 0 saturated heterocycles. The van der Waals surface area contributed by atoms with E-state index in [9.17, 15) is 15.0 Å². The first kappa shape index (κ1) is 22.4. The van der Waals surface area contributed by atoms with Crippen LogP contribution in [0.3, 0.4) is 0 Å². The van der Waals surface area contributed by atoms with E-state index in [-0.39, 0.29) is 22.3 Å². The smallest absolute Gasteiger partial charge is 0.303 e. The van der Waals surface area contributed by atoms with Crippen LogP contribution >= 0.6 is 0 Å². The van der Waals surface area contributed by atoms with Gasteiger partial charge in [-0.15, -0.1) is 0 Å². The van der Waals surface area contributed by atoms with Gasteiger partial charge in [0.2, 0.25) is 0 Å². The quantitative estimate of drug-likeness (QED) is 0.518. The van der Waals surface area contributed by atoms with E-state index in [1.54, 1.807) is 5.57 Å². The van der Waals surface area contributed by atoms with Gasteiger partial charge in [0.05, 0.1) is 6.10 Å². The molecule has 0 bridgehead atoms. The Labute approximate surface area is 183 Å². The molecular formula is C27H44O3. The van der Waals surface area contributed by atoms with Gasteiger partial charge in [-0.25, -0.2) is 0 Å². The molecule has 2 N–H and O–H groups in total. The van der Waals surface area contributed by atoms with Crippen LogP contribution in [-0.4, -0.2) is 22.3 Å². The number of carbonyl (C=O) groups is 1. The third-order valence-corrected chi connectivity index (χ3v) is 11.4. The van der Waals surface area contributed by atoms with Crippen molar-refractivity contribution in [1.82, 2.24) is 0 Å². The molecule has 170 valence electrons. The minimum absolute atomic E-state index is 0.0136. The van der Waals surface area contributed by atoms with Gasteiger partial charge in [-0.05, 0) is 96.7 Å². The van der Waals surface area contributed by atoms with Crippen molar-refractivity contribution >= 4 is 5.97 Å². The second kappa shape index (κ2) is 7.09. The zero-order chi connectivity index (χ0) is 22.1. The lowest BCUT2D eigenvalue weighted by Crippen LogP contribution is -2.58. The predicted octanol–water partition coefficient (Wildman–Crippen LogP) is 6.45. The number of aliphatic hydroxyl groups is 1. The van der Waals surface area contributed by atoms with E-state index in [1.165, 1.54) is 25.7 Å². The molecule has 4 rings (SSSR count). The van der Waals surface area contributed by atoms with Gasteiger partial charge in [-0.1, -0.05) is 53.2 Å². The molecular weight excluding hydrogens is 372 g/mol. The first-order chi connectivity index (χ1) is 13.9. The molecule has 30 heavy (non-hydrogen) atoms. The number of rotatable bonds is 4. The highest BCUT2D eigenvalue weighted by atomic mass is 16.4. The van der Waals surface area contributed by atoms with Gasteiger partial charge in [0.1, 0.15) is 0 Å². The molecule has 0 aromatic rings. The number of carboxylic acid groups (broad SMARTS) is 1. The fourth-order valence-electron chi connectivity index (χ4n) is 9.21. The van der Waals surface area contributed by atoms with Crippen molar-refractivity contribution < 1.29 is 15.0 Å². The molecule has 4 aliphatic rings. The molecule has 0 aromatic heterocycles. The normalized spacial score (nSPS) is 48.2.